The van der Waals surface area contributed by atoms with Gasteiger partial charge in [0.15, 0.2) is 0 Å². The van der Waals surface area contributed by atoms with Gasteiger partial charge in [-0.15, -0.1) is 0 Å². The van der Waals surface area contributed by atoms with Crippen LogP contribution in [0, 0.1) is 0 Å². The molecule has 1 aromatic heterocycles. The highest BCUT2D eigenvalue weighted by atomic mass is 79.9. The molecule has 0 bridgehead atoms. The molecule has 2 rings (SSSR count). The zero-order chi connectivity index (χ0) is 12.1. The molecule has 0 fully saturated rings. The quantitative estimate of drug-likeness (QED) is 0.859. The van der Waals surface area contributed by atoms with Crippen molar-refractivity contribution in [2.45, 2.75) is 19.9 Å². The smallest absolute Gasteiger partial charge is 0.0690 e. The number of hydrogen-bond donors (Lipinski definition) is 1. The third-order valence-corrected chi connectivity index (χ3v) is 2.94. The van der Waals surface area contributed by atoms with E-state index in [-0.39, 0.29) is 0 Å². The molecule has 1 aromatic carbocycles. The van der Waals surface area contributed by atoms with E-state index in [9.17, 15) is 0 Å². The Morgan fingerprint density at radius 2 is 2.18 bits per heavy atom. The average Bonchev–Trinajstić information content (AvgIpc) is 2.77. The highest BCUT2D eigenvalue weighted by molar-refractivity contribution is 9.10. The maximum atomic E-state index is 4.32. The van der Waals surface area contributed by atoms with E-state index in [2.05, 4.69) is 51.5 Å². The molecule has 0 unspecified atom stereocenters. The molecule has 4 heteroatoms. The second-order valence-corrected chi connectivity index (χ2v) is 4.82. The van der Waals surface area contributed by atoms with Crippen molar-refractivity contribution in [3.8, 4) is 5.69 Å². The Morgan fingerprint density at radius 1 is 1.35 bits per heavy atom. The lowest BCUT2D eigenvalue weighted by Gasteiger charge is -2.09. The van der Waals surface area contributed by atoms with Gasteiger partial charge in [0.25, 0.3) is 0 Å². The lowest BCUT2D eigenvalue weighted by Crippen LogP contribution is -2.15. The topological polar surface area (TPSA) is 29.9 Å². The van der Waals surface area contributed by atoms with Crippen molar-refractivity contribution in [1.82, 2.24) is 15.1 Å². The number of aromatic nitrogens is 2. The van der Waals surface area contributed by atoms with Gasteiger partial charge in [-0.05, 0) is 40.5 Å². The summed E-state index contributed by atoms with van der Waals surface area (Å²) < 4.78 is 2.89. The molecule has 90 valence electrons. The number of nitrogens with one attached hydrogen (secondary N) is 1. The summed E-state index contributed by atoms with van der Waals surface area (Å²) in [5.41, 5.74) is 2.39. The number of para-hydroxylation sites is 1. The number of hydrogen-bond acceptors (Lipinski definition) is 2. The van der Waals surface area contributed by atoms with Gasteiger partial charge in [0.05, 0.1) is 16.4 Å². The zero-order valence-electron chi connectivity index (χ0n) is 9.86. The van der Waals surface area contributed by atoms with Gasteiger partial charge in [-0.3, -0.25) is 0 Å². The number of halogens is 1. The Hall–Kier alpha value is -1.13. The van der Waals surface area contributed by atoms with Crippen LogP contribution >= 0.6 is 15.9 Å². The molecule has 0 saturated carbocycles. The first kappa shape index (κ1) is 12.3. The van der Waals surface area contributed by atoms with Crippen LogP contribution in [0.15, 0.2) is 41.1 Å². The molecular formula is C13H16BrN3. The summed E-state index contributed by atoms with van der Waals surface area (Å²) in [6, 6.07) is 8.31. The van der Waals surface area contributed by atoms with Crippen LogP contribution < -0.4 is 5.32 Å². The molecule has 3 nitrogen and oxygen atoms in total. The minimum atomic E-state index is 0.876. The SMILES string of the molecule is CCCNCc1ccccc1-n1cc(Br)cn1. The van der Waals surface area contributed by atoms with Gasteiger partial charge in [0, 0.05) is 12.7 Å². The van der Waals surface area contributed by atoms with Gasteiger partial charge in [0.2, 0.25) is 0 Å². The van der Waals surface area contributed by atoms with Crippen LogP contribution in [0.3, 0.4) is 0 Å². The monoisotopic (exact) mass is 293 g/mol. The highest BCUT2D eigenvalue weighted by Gasteiger charge is 2.04. The Bertz CT molecular complexity index is 479. The highest BCUT2D eigenvalue weighted by Crippen LogP contribution is 2.16. The van der Waals surface area contributed by atoms with Crippen LogP contribution in [-0.4, -0.2) is 16.3 Å². The number of benzene rings is 1. The van der Waals surface area contributed by atoms with Crippen molar-refractivity contribution in [2.75, 3.05) is 6.54 Å². The Morgan fingerprint density at radius 3 is 2.88 bits per heavy atom. The Balaban J connectivity index is 2.21. The van der Waals surface area contributed by atoms with Gasteiger partial charge < -0.3 is 5.32 Å². The number of nitrogens with zero attached hydrogens (tertiary/aromatic N) is 2. The van der Waals surface area contributed by atoms with Gasteiger partial charge in [-0.2, -0.15) is 5.10 Å². The fourth-order valence-electron chi connectivity index (χ4n) is 1.72. The third kappa shape index (κ3) is 3.17. The molecule has 2 aromatic rings. The largest absolute Gasteiger partial charge is 0.313 e. The molecule has 0 aliphatic heterocycles. The second-order valence-electron chi connectivity index (χ2n) is 3.91. The Kier molecular flexibility index (Phi) is 4.34. The van der Waals surface area contributed by atoms with Crippen LogP contribution in [0.25, 0.3) is 5.69 Å². The maximum Gasteiger partial charge on any atom is 0.0690 e. The summed E-state index contributed by atoms with van der Waals surface area (Å²) in [5.74, 6) is 0. The summed E-state index contributed by atoms with van der Waals surface area (Å²) >= 11 is 3.42. The van der Waals surface area contributed by atoms with E-state index in [1.54, 1.807) is 6.20 Å². The van der Waals surface area contributed by atoms with E-state index in [1.165, 1.54) is 5.56 Å². The third-order valence-electron chi connectivity index (χ3n) is 2.53. The summed E-state index contributed by atoms with van der Waals surface area (Å²) in [5, 5.41) is 7.73. The van der Waals surface area contributed by atoms with E-state index in [4.69, 9.17) is 0 Å². The molecule has 1 N–H and O–H groups in total. The van der Waals surface area contributed by atoms with Crippen molar-refractivity contribution in [2.24, 2.45) is 0 Å². The van der Waals surface area contributed by atoms with Gasteiger partial charge in [-0.25, -0.2) is 4.68 Å². The van der Waals surface area contributed by atoms with Crippen molar-refractivity contribution >= 4 is 15.9 Å². The second kappa shape index (κ2) is 5.98. The average molecular weight is 294 g/mol. The standard InChI is InChI=1S/C13H16BrN3/c1-2-7-15-8-11-5-3-4-6-13(11)17-10-12(14)9-16-17/h3-6,9-10,15H,2,7-8H2,1H3. The molecular weight excluding hydrogens is 278 g/mol. The predicted molar refractivity (Wildman–Crippen MR) is 73.3 cm³/mol. The first-order valence-corrected chi connectivity index (χ1v) is 6.59. The summed E-state index contributed by atoms with van der Waals surface area (Å²) in [6.07, 6.45) is 4.92. The molecule has 1 heterocycles. The van der Waals surface area contributed by atoms with Gasteiger partial charge >= 0.3 is 0 Å². The van der Waals surface area contributed by atoms with Crippen LogP contribution in [0.4, 0.5) is 0 Å². The van der Waals surface area contributed by atoms with Crippen LogP contribution in [0.2, 0.25) is 0 Å². The summed E-state index contributed by atoms with van der Waals surface area (Å²) in [4.78, 5) is 0. The minimum absolute atomic E-state index is 0.876. The first-order valence-electron chi connectivity index (χ1n) is 5.80. The van der Waals surface area contributed by atoms with E-state index in [1.807, 2.05) is 16.9 Å². The van der Waals surface area contributed by atoms with Crippen LogP contribution in [0.5, 0.6) is 0 Å². The fourth-order valence-corrected chi connectivity index (χ4v) is 2.00. The van der Waals surface area contributed by atoms with Crippen LogP contribution in [-0.2, 0) is 6.54 Å². The molecule has 0 aliphatic rings. The van der Waals surface area contributed by atoms with E-state index in [0.29, 0.717) is 0 Å². The maximum absolute atomic E-state index is 4.32. The minimum Gasteiger partial charge on any atom is -0.313 e. The summed E-state index contributed by atoms with van der Waals surface area (Å²) in [6.45, 7) is 4.09. The van der Waals surface area contributed by atoms with Crippen molar-refractivity contribution in [3.63, 3.8) is 0 Å². The van der Waals surface area contributed by atoms with Crippen molar-refractivity contribution in [3.05, 3.63) is 46.7 Å². The Labute approximate surface area is 110 Å². The van der Waals surface area contributed by atoms with Crippen molar-refractivity contribution in [1.29, 1.82) is 0 Å². The van der Waals surface area contributed by atoms with E-state index < -0.39 is 0 Å². The lowest BCUT2D eigenvalue weighted by atomic mass is 10.2. The normalized spacial score (nSPS) is 10.7. The lowest BCUT2D eigenvalue weighted by molar-refractivity contribution is 0.670. The fraction of sp³-hybridized carbons (Fsp3) is 0.308. The summed E-state index contributed by atoms with van der Waals surface area (Å²) in [7, 11) is 0. The van der Waals surface area contributed by atoms with Gasteiger partial charge in [-0.1, -0.05) is 25.1 Å². The van der Waals surface area contributed by atoms with E-state index >= 15 is 0 Å². The molecule has 17 heavy (non-hydrogen) atoms. The van der Waals surface area contributed by atoms with E-state index in [0.717, 1.165) is 29.7 Å². The first-order chi connectivity index (χ1) is 8.31. The van der Waals surface area contributed by atoms with Crippen LogP contribution in [0.1, 0.15) is 18.9 Å². The molecule has 0 saturated heterocycles. The molecule has 0 amide bonds. The zero-order valence-corrected chi connectivity index (χ0v) is 11.4. The predicted octanol–water partition coefficient (Wildman–Crippen LogP) is 3.13. The molecule has 0 radical (unpaired) electrons. The molecule has 0 atom stereocenters. The molecule has 0 spiro atoms. The van der Waals surface area contributed by atoms with Crippen molar-refractivity contribution < 1.29 is 0 Å². The van der Waals surface area contributed by atoms with Gasteiger partial charge in [0.1, 0.15) is 0 Å². The molecule has 0 aliphatic carbocycles. The number of rotatable bonds is 5.